The third-order valence-corrected chi connectivity index (χ3v) is 5.98. The molecule has 0 saturated carbocycles. The third kappa shape index (κ3) is 3.24. The second-order valence-electron chi connectivity index (χ2n) is 7.73. The van der Waals surface area contributed by atoms with Gasteiger partial charge in [-0.05, 0) is 29.8 Å². The number of carboxylic acids is 1. The number of carbonyl (C=O) groups is 2. The minimum atomic E-state index is -0.892. The van der Waals surface area contributed by atoms with E-state index in [1.807, 2.05) is 18.2 Å². The van der Waals surface area contributed by atoms with E-state index in [9.17, 15) is 14.7 Å². The minimum Gasteiger partial charge on any atom is -0.497 e. The molecule has 0 bridgehead atoms. The molecule has 146 valence electrons. The summed E-state index contributed by atoms with van der Waals surface area (Å²) in [5, 5.41) is 10.0. The largest absolute Gasteiger partial charge is 0.497 e. The first kappa shape index (κ1) is 18.5. The van der Waals surface area contributed by atoms with Gasteiger partial charge in [-0.25, -0.2) is 0 Å². The summed E-state index contributed by atoms with van der Waals surface area (Å²) >= 11 is 0. The molecule has 4 rings (SSSR count). The molecule has 0 radical (unpaired) electrons. The molecule has 28 heavy (non-hydrogen) atoms. The summed E-state index contributed by atoms with van der Waals surface area (Å²) in [4.78, 5) is 29.0. The molecule has 2 aromatic carbocycles. The van der Waals surface area contributed by atoms with Crippen LogP contribution in [0.1, 0.15) is 15.9 Å². The van der Waals surface area contributed by atoms with Crippen LogP contribution in [0.3, 0.4) is 0 Å². The zero-order valence-electron chi connectivity index (χ0n) is 15.9. The lowest BCUT2D eigenvalue weighted by Gasteiger charge is -2.25. The van der Waals surface area contributed by atoms with Gasteiger partial charge in [-0.3, -0.25) is 14.5 Å². The van der Waals surface area contributed by atoms with Gasteiger partial charge in [0, 0.05) is 44.2 Å². The highest BCUT2D eigenvalue weighted by Crippen LogP contribution is 2.43. The molecule has 2 aliphatic heterocycles. The van der Waals surface area contributed by atoms with Crippen LogP contribution in [0.25, 0.3) is 0 Å². The maximum Gasteiger partial charge on any atom is 0.313 e. The molecule has 0 aliphatic carbocycles. The number of carboxylic acid groups (broad SMARTS) is 1. The Kier molecular flexibility index (Phi) is 4.81. The van der Waals surface area contributed by atoms with Crippen molar-refractivity contribution in [2.75, 3.05) is 33.3 Å². The number of rotatable bonds is 5. The lowest BCUT2D eigenvalue weighted by molar-refractivity contribution is -0.148. The lowest BCUT2D eigenvalue weighted by Crippen LogP contribution is -2.41. The van der Waals surface area contributed by atoms with Crippen molar-refractivity contribution in [1.82, 2.24) is 9.80 Å². The summed E-state index contributed by atoms with van der Waals surface area (Å²) in [7, 11) is 1.58. The first-order chi connectivity index (χ1) is 13.5. The van der Waals surface area contributed by atoms with Gasteiger partial charge >= 0.3 is 5.97 Å². The van der Waals surface area contributed by atoms with E-state index in [0.717, 1.165) is 6.54 Å². The molecule has 2 atom stereocenters. The minimum absolute atomic E-state index is 0.0593. The average Bonchev–Trinajstić information content (AvgIpc) is 3.23. The van der Waals surface area contributed by atoms with Gasteiger partial charge in [0.25, 0.3) is 5.91 Å². The van der Waals surface area contributed by atoms with Crippen LogP contribution in [-0.2, 0) is 11.3 Å². The normalized spacial score (nSPS) is 24.2. The molecule has 2 heterocycles. The lowest BCUT2D eigenvalue weighted by atomic mass is 9.81. The van der Waals surface area contributed by atoms with E-state index >= 15 is 0 Å². The van der Waals surface area contributed by atoms with Crippen molar-refractivity contribution in [3.63, 3.8) is 0 Å². The van der Waals surface area contributed by atoms with E-state index in [1.54, 1.807) is 36.3 Å². The number of nitrogens with zero attached hydrogens (tertiary/aromatic N) is 2. The van der Waals surface area contributed by atoms with Crippen LogP contribution in [0.15, 0.2) is 54.6 Å². The Labute approximate surface area is 164 Å². The summed E-state index contributed by atoms with van der Waals surface area (Å²) < 4.78 is 5.14. The fourth-order valence-electron chi connectivity index (χ4n) is 4.50. The van der Waals surface area contributed by atoms with Crippen LogP contribution >= 0.6 is 0 Å². The summed E-state index contributed by atoms with van der Waals surface area (Å²) in [5.74, 6) is -0.297. The van der Waals surface area contributed by atoms with Crippen LogP contribution in [0.5, 0.6) is 5.75 Å². The number of likely N-dealkylation sites (tertiary alicyclic amines) is 2. The van der Waals surface area contributed by atoms with Gasteiger partial charge in [0.05, 0.1) is 7.11 Å². The monoisotopic (exact) mass is 380 g/mol. The molecule has 2 saturated heterocycles. The van der Waals surface area contributed by atoms with E-state index in [1.165, 1.54) is 5.56 Å². The summed E-state index contributed by atoms with van der Waals surface area (Å²) in [6.07, 6.45) is 0. The fourth-order valence-corrected chi connectivity index (χ4v) is 4.50. The van der Waals surface area contributed by atoms with Gasteiger partial charge in [-0.2, -0.15) is 0 Å². The first-order valence-corrected chi connectivity index (χ1v) is 9.45. The van der Waals surface area contributed by atoms with Crippen molar-refractivity contribution in [1.29, 1.82) is 0 Å². The Balaban J connectivity index is 1.48. The average molecular weight is 380 g/mol. The van der Waals surface area contributed by atoms with Gasteiger partial charge in [0.15, 0.2) is 0 Å². The van der Waals surface area contributed by atoms with Crippen molar-refractivity contribution in [3.05, 3.63) is 65.7 Å². The van der Waals surface area contributed by atoms with Crippen molar-refractivity contribution in [2.24, 2.45) is 11.3 Å². The van der Waals surface area contributed by atoms with Crippen LogP contribution in [0.2, 0.25) is 0 Å². The van der Waals surface area contributed by atoms with Crippen LogP contribution in [-0.4, -0.2) is 60.1 Å². The number of amides is 1. The molecular weight excluding hydrogens is 356 g/mol. The molecule has 2 aliphatic rings. The maximum absolute atomic E-state index is 12.9. The second-order valence-corrected chi connectivity index (χ2v) is 7.73. The zero-order valence-corrected chi connectivity index (χ0v) is 15.9. The first-order valence-electron chi connectivity index (χ1n) is 9.45. The van der Waals surface area contributed by atoms with Crippen molar-refractivity contribution < 1.29 is 19.4 Å². The topological polar surface area (TPSA) is 70.1 Å². The Morgan fingerprint density at radius 3 is 2.39 bits per heavy atom. The predicted molar refractivity (Wildman–Crippen MR) is 104 cm³/mol. The van der Waals surface area contributed by atoms with Crippen LogP contribution in [0.4, 0.5) is 0 Å². The van der Waals surface area contributed by atoms with E-state index in [2.05, 4.69) is 17.0 Å². The Bertz CT molecular complexity index is 868. The van der Waals surface area contributed by atoms with Gasteiger partial charge in [0.1, 0.15) is 11.2 Å². The van der Waals surface area contributed by atoms with Crippen LogP contribution < -0.4 is 4.74 Å². The molecular formula is C22H24N2O4. The molecule has 2 fully saturated rings. The van der Waals surface area contributed by atoms with E-state index in [-0.39, 0.29) is 18.4 Å². The SMILES string of the molecule is COc1ccc(C(=O)N2C[C@H]3CN(Cc4ccccc4)C[C@@]3(C(=O)O)C2)cc1. The summed E-state index contributed by atoms with van der Waals surface area (Å²) in [6.45, 7) is 2.62. The van der Waals surface area contributed by atoms with Crippen molar-refractivity contribution >= 4 is 11.9 Å². The molecule has 0 unspecified atom stereocenters. The number of ether oxygens (including phenoxy) is 1. The number of benzene rings is 2. The Morgan fingerprint density at radius 2 is 1.79 bits per heavy atom. The number of carbonyl (C=O) groups excluding carboxylic acids is 1. The smallest absolute Gasteiger partial charge is 0.313 e. The molecule has 1 N–H and O–H groups in total. The Hall–Kier alpha value is -2.86. The number of fused-ring (bicyclic) bond motifs is 1. The summed E-state index contributed by atoms with van der Waals surface area (Å²) in [5.41, 5.74) is 0.841. The zero-order chi connectivity index (χ0) is 19.7. The van der Waals surface area contributed by atoms with Gasteiger partial charge in [0.2, 0.25) is 0 Å². The molecule has 0 spiro atoms. The number of aliphatic carboxylic acids is 1. The highest BCUT2D eigenvalue weighted by atomic mass is 16.5. The standard InChI is InChI=1S/C22H24N2O4/c1-28-19-9-7-17(8-10-19)20(25)24-13-18-12-23(11-16-5-3-2-4-6-16)14-22(18,15-24)21(26)27/h2-10,18H,11-15H2,1H3,(H,26,27)/t18-,22-/m1/s1. The molecule has 6 nitrogen and oxygen atoms in total. The molecule has 1 amide bonds. The molecule has 6 heteroatoms. The quantitative estimate of drug-likeness (QED) is 0.862. The summed E-state index contributed by atoms with van der Waals surface area (Å²) in [6, 6.07) is 17.0. The number of hydrogen-bond acceptors (Lipinski definition) is 4. The number of hydrogen-bond donors (Lipinski definition) is 1. The van der Waals surface area contributed by atoms with Gasteiger partial charge in [-0.15, -0.1) is 0 Å². The van der Waals surface area contributed by atoms with E-state index in [4.69, 9.17) is 4.74 Å². The highest BCUT2D eigenvalue weighted by Gasteiger charge is 2.58. The van der Waals surface area contributed by atoms with Crippen molar-refractivity contribution in [2.45, 2.75) is 6.54 Å². The predicted octanol–water partition coefficient (Wildman–Crippen LogP) is 2.35. The van der Waals surface area contributed by atoms with Crippen LogP contribution in [0, 0.1) is 11.3 Å². The molecule has 0 aromatic heterocycles. The molecule has 2 aromatic rings. The van der Waals surface area contributed by atoms with Gasteiger partial charge in [-0.1, -0.05) is 30.3 Å². The Morgan fingerprint density at radius 1 is 1.07 bits per heavy atom. The van der Waals surface area contributed by atoms with E-state index < -0.39 is 11.4 Å². The van der Waals surface area contributed by atoms with Gasteiger partial charge < -0.3 is 14.7 Å². The third-order valence-electron chi connectivity index (χ3n) is 5.98. The fraction of sp³-hybridized carbons (Fsp3) is 0.364. The number of methoxy groups -OCH3 is 1. The van der Waals surface area contributed by atoms with E-state index in [0.29, 0.717) is 30.9 Å². The van der Waals surface area contributed by atoms with Crippen molar-refractivity contribution in [3.8, 4) is 5.75 Å². The maximum atomic E-state index is 12.9. The second kappa shape index (κ2) is 7.28. The highest BCUT2D eigenvalue weighted by molar-refractivity contribution is 5.95.